The van der Waals surface area contributed by atoms with Gasteiger partial charge in [-0.1, -0.05) is 96.5 Å². The van der Waals surface area contributed by atoms with Crippen molar-refractivity contribution in [3.05, 3.63) is 138 Å². The van der Waals surface area contributed by atoms with Crippen molar-refractivity contribution >= 4 is 55.3 Å². The average molecular weight is 520 g/mol. The normalized spacial score (nSPS) is 11.7. The molecule has 0 unspecified atom stereocenters. The zero-order valence-electron chi connectivity index (χ0n) is 20.9. The van der Waals surface area contributed by atoms with Crippen LogP contribution in [0.5, 0.6) is 0 Å². The summed E-state index contributed by atoms with van der Waals surface area (Å²) in [6.45, 7) is 0. The largest absolute Gasteiger partial charge is 0.455 e. The number of fused-ring (bicyclic) bond motifs is 6. The van der Waals surface area contributed by atoms with Crippen LogP contribution in [0.15, 0.2) is 138 Å². The summed E-state index contributed by atoms with van der Waals surface area (Å²) < 4.78 is 8.71. The van der Waals surface area contributed by atoms with Crippen molar-refractivity contribution in [2.45, 2.75) is 0 Å². The highest BCUT2D eigenvalue weighted by molar-refractivity contribution is 6.31. The van der Waals surface area contributed by atoms with Gasteiger partial charge in [0.2, 0.25) is 0 Å². The maximum absolute atomic E-state index is 6.35. The molecule has 0 aliphatic carbocycles. The number of nitrogens with zero attached hydrogens (tertiary/aromatic N) is 1. The average Bonchev–Trinajstić information content (AvgIpc) is 3.53. The topological polar surface area (TPSA) is 18.1 Å². The summed E-state index contributed by atoms with van der Waals surface area (Å²) in [5.41, 5.74) is 9.87. The molecule has 8 aromatic rings. The van der Waals surface area contributed by atoms with Crippen molar-refractivity contribution < 1.29 is 4.42 Å². The minimum atomic E-state index is 0.710. The van der Waals surface area contributed by atoms with E-state index in [1.165, 1.54) is 32.9 Å². The van der Waals surface area contributed by atoms with Gasteiger partial charge in [-0.3, -0.25) is 0 Å². The van der Waals surface area contributed by atoms with Crippen molar-refractivity contribution in [2.24, 2.45) is 0 Å². The van der Waals surface area contributed by atoms with Gasteiger partial charge in [-0.2, -0.15) is 0 Å². The molecule has 0 aliphatic heterocycles. The third kappa shape index (κ3) is 3.49. The van der Waals surface area contributed by atoms with E-state index in [1.807, 2.05) is 18.2 Å². The lowest BCUT2D eigenvalue weighted by molar-refractivity contribution is 0.670. The van der Waals surface area contributed by atoms with Gasteiger partial charge in [0, 0.05) is 37.8 Å². The number of rotatable bonds is 3. The molecule has 0 fully saturated rings. The first-order valence-corrected chi connectivity index (χ1v) is 13.4. The van der Waals surface area contributed by atoms with Crippen LogP contribution < -0.4 is 0 Å². The number of hydrogen-bond acceptors (Lipinski definition) is 1. The summed E-state index contributed by atoms with van der Waals surface area (Å²) in [5, 5.41) is 5.26. The van der Waals surface area contributed by atoms with Crippen LogP contribution in [0.25, 0.3) is 71.7 Å². The van der Waals surface area contributed by atoms with E-state index in [9.17, 15) is 0 Å². The second-order valence-corrected chi connectivity index (χ2v) is 10.4. The summed E-state index contributed by atoms with van der Waals surface area (Å²) in [7, 11) is 0. The van der Waals surface area contributed by atoms with E-state index in [0.29, 0.717) is 5.02 Å². The smallest absolute Gasteiger partial charge is 0.143 e. The number of furan rings is 1. The Bertz CT molecular complexity index is 2170. The number of benzene rings is 6. The molecule has 0 amide bonds. The van der Waals surface area contributed by atoms with Crippen LogP contribution in [0.2, 0.25) is 5.02 Å². The lowest BCUT2D eigenvalue weighted by Crippen LogP contribution is -1.93. The summed E-state index contributed by atoms with van der Waals surface area (Å²) in [4.78, 5) is 0. The number of halogens is 1. The Morgan fingerprint density at radius 3 is 2.08 bits per heavy atom. The molecule has 8 rings (SSSR count). The minimum Gasteiger partial charge on any atom is -0.455 e. The van der Waals surface area contributed by atoms with Gasteiger partial charge in [0.25, 0.3) is 0 Å². The van der Waals surface area contributed by atoms with Gasteiger partial charge >= 0.3 is 0 Å². The van der Waals surface area contributed by atoms with Crippen LogP contribution in [0.4, 0.5) is 0 Å². The minimum absolute atomic E-state index is 0.710. The third-order valence-corrected chi connectivity index (χ3v) is 7.91. The molecule has 0 bridgehead atoms. The predicted octanol–water partition coefficient (Wildman–Crippen LogP) is 10.7. The van der Waals surface area contributed by atoms with Gasteiger partial charge in [0.1, 0.15) is 11.2 Å². The fraction of sp³-hybridized carbons (Fsp3) is 0. The summed E-state index contributed by atoms with van der Waals surface area (Å²) in [6, 6.07) is 46.8. The van der Waals surface area contributed by atoms with E-state index < -0.39 is 0 Å². The van der Waals surface area contributed by atoms with Crippen LogP contribution in [-0.4, -0.2) is 4.57 Å². The zero-order chi connectivity index (χ0) is 25.9. The second kappa shape index (κ2) is 8.62. The van der Waals surface area contributed by atoms with Crippen molar-refractivity contribution in [3.63, 3.8) is 0 Å². The Labute approximate surface area is 230 Å². The molecular formula is C36H22ClNO. The van der Waals surface area contributed by atoms with Crippen LogP contribution >= 0.6 is 11.6 Å². The highest BCUT2D eigenvalue weighted by atomic mass is 35.5. The SMILES string of the molecule is Clc1ccc2oc3c(-c4ccc5c(c4)c4ccccc4n5-c4ccc(-c5ccccc5)cc4)cccc3c2c1. The first-order chi connectivity index (χ1) is 19.2. The molecule has 3 heteroatoms. The van der Waals surface area contributed by atoms with E-state index >= 15 is 0 Å². The molecule has 0 aliphatic rings. The van der Waals surface area contributed by atoms with Gasteiger partial charge in [0.15, 0.2) is 0 Å². The molecule has 0 N–H and O–H groups in total. The van der Waals surface area contributed by atoms with Gasteiger partial charge in [-0.25, -0.2) is 0 Å². The van der Waals surface area contributed by atoms with Crippen LogP contribution in [-0.2, 0) is 0 Å². The Morgan fingerprint density at radius 1 is 0.487 bits per heavy atom. The fourth-order valence-electron chi connectivity index (χ4n) is 5.85. The number of para-hydroxylation sites is 2. The quantitative estimate of drug-likeness (QED) is 0.227. The third-order valence-electron chi connectivity index (χ3n) is 7.68. The van der Waals surface area contributed by atoms with Crippen LogP contribution in [0, 0.1) is 0 Å². The molecule has 2 heterocycles. The molecule has 0 spiro atoms. The molecular weight excluding hydrogens is 498 g/mol. The Kier molecular flexibility index (Phi) is 4.91. The first-order valence-electron chi connectivity index (χ1n) is 13.0. The van der Waals surface area contributed by atoms with Crippen molar-refractivity contribution in [2.75, 3.05) is 0 Å². The summed E-state index contributed by atoms with van der Waals surface area (Å²) in [5.74, 6) is 0. The Hall–Kier alpha value is -4.79. The molecule has 2 aromatic heterocycles. The van der Waals surface area contributed by atoms with Gasteiger partial charge in [-0.05, 0) is 65.2 Å². The van der Waals surface area contributed by atoms with E-state index in [-0.39, 0.29) is 0 Å². The van der Waals surface area contributed by atoms with Crippen LogP contribution in [0.1, 0.15) is 0 Å². The second-order valence-electron chi connectivity index (χ2n) is 9.92. The summed E-state index contributed by atoms with van der Waals surface area (Å²) >= 11 is 6.30. The number of hydrogen-bond donors (Lipinski definition) is 0. The fourth-order valence-corrected chi connectivity index (χ4v) is 6.02. The van der Waals surface area contributed by atoms with Crippen molar-refractivity contribution in [1.82, 2.24) is 4.57 Å². The molecule has 2 nitrogen and oxygen atoms in total. The Balaban J connectivity index is 1.32. The van der Waals surface area contributed by atoms with Gasteiger partial charge < -0.3 is 8.98 Å². The first kappa shape index (κ1) is 22.2. The molecule has 0 saturated heterocycles. The van der Waals surface area contributed by atoms with Gasteiger partial charge in [0.05, 0.1) is 11.0 Å². The zero-order valence-corrected chi connectivity index (χ0v) is 21.7. The predicted molar refractivity (Wildman–Crippen MR) is 164 cm³/mol. The maximum Gasteiger partial charge on any atom is 0.143 e. The van der Waals surface area contributed by atoms with E-state index in [1.54, 1.807) is 0 Å². The molecule has 0 saturated carbocycles. The highest BCUT2D eigenvalue weighted by Gasteiger charge is 2.16. The summed E-state index contributed by atoms with van der Waals surface area (Å²) in [6.07, 6.45) is 0. The van der Waals surface area contributed by atoms with E-state index in [2.05, 4.69) is 120 Å². The maximum atomic E-state index is 6.35. The lowest BCUT2D eigenvalue weighted by atomic mass is 10.0. The van der Waals surface area contributed by atoms with E-state index in [0.717, 1.165) is 38.8 Å². The molecule has 39 heavy (non-hydrogen) atoms. The molecule has 184 valence electrons. The molecule has 6 aromatic carbocycles. The van der Waals surface area contributed by atoms with Gasteiger partial charge in [-0.15, -0.1) is 0 Å². The number of aromatic nitrogens is 1. The van der Waals surface area contributed by atoms with Crippen molar-refractivity contribution in [3.8, 4) is 27.9 Å². The lowest BCUT2D eigenvalue weighted by Gasteiger charge is -2.10. The van der Waals surface area contributed by atoms with E-state index in [4.69, 9.17) is 16.0 Å². The standard InChI is InChI=1S/C36H22ClNO/c37-26-16-20-35-32(22-26)30-11-6-10-28(36(30)39-35)25-15-19-34-31(21-25)29-9-4-5-12-33(29)38(34)27-17-13-24(14-18-27)23-7-2-1-3-8-23/h1-22H. The molecule has 0 radical (unpaired) electrons. The van der Waals surface area contributed by atoms with Crippen LogP contribution in [0.3, 0.4) is 0 Å². The highest BCUT2D eigenvalue weighted by Crippen LogP contribution is 2.40. The monoisotopic (exact) mass is 519 g/mol. The molecule has 0 atom stereocenters. The van der Waals surface area contributed by atoms with Crippen molar-refractivity contribution in [1.29, 1.82) is 0 Å². The Morgan fingerprint density at radius 2 is 1.21 bits per heavy atom.